The van der Waals surface area contributed by atoms with Gasteiger partial charge in [-0.1, -0.05) is 0 Å². The molecule has 0 fully saturated rings. The minimum Gasteiger partial charge on any atom is -0.489 e. The molecule has 0 aliphatic rings. The molecule has 19 heavy (non-hydrogen) atoms. The molecule has 4 nitrogen and oxygen atoms in total. The first kappa shape index (κ1) is 15.9. The highest BCUT2D eigenvalue weighted by molar-refractivity contribution is 5.29. The second-order valence-corrected chi connectivity index (χ2v) is 6.60. The highest BCUT2D eigenvalue weighted by atomic mass is 16.5. The molecule has 1 aromatic rings. The van der Waals surface area contributed by atoms with E-state index in [2.05, 4.69) is 31.1 Å². The van der Waals surface area contributed by atoms with Crippen molar-refractivity contribution in [3.63, 3.8) is 0 Å². The van der Waals surface area contributed by atoms with Gasteiger partial charge in [0, 0.05) is 17.8 Å². The number of ether oxygens (including phenoxy) is 1. The Morgan fingerprint density at radius 3 is 2.37 bits per heavy atom. The number of hydrogen-bond acceptors (Lipinski definition) is 4. The highest BCUT2D eigenvalue weighted by Gasteiger charge is 2.16. The minimum atomic E-state index is -0.848. The summed E-state index contributed by atoms with van der Waals surface area (Å²) in [4.78, 5) is 4.51. The zero-order chi connectivity index (χ0) is 14.7. The van der Waals surface area contributed by atoms with Crippen LogP contribution in [-0.2, 0) is 6.54 Å². The van der Waals surface area contributed by atoms with E-state index in [0.717, 1.165) is 17.1 Å². The molecule has 0 bridgehead atoms. The highest BCUT2D eigenvalue weighted by Crippen LogP contribution is 2.19. The first-order chi connectivity index (χ1) is 8.57. The van der Waals surface area contributed by atoms with Crippen molar-refractivity contribution in [3.8, 4) is 5.75 Å². The molecule has 0 amide bonds. The maximum Gasteiger partial charge on any atom is 0.142 e. The summed E-state index contributed by atoms with van der Waals surface area (Å²) in [5.74, 6) is 0.726. The fraction of sp³-hybridized carbons (Fsp3) is 0.667. The van der Waals surface area contributed by atoms with Crippen LogP contribution in [0.1, 0.15) is 46.0 Å². The number of aromatic nitrogens is 1. The summed E-state index contributed by atoms with van der Waals surface area (Å²) in [6.45, 7) is 12.6. The Hall–Kier alpha value is -1.13. The lowest BCUT2D eigenvalue weighted by atomic mass is 10.1. The molecule has 0 aliphatic heterocycles. The molecule has 4 heteroatoms. The smallest absolute Gasteiger partial charge is 0.142 e. The first-order valence-corrected chi connectivity index (χ1v) is 6.63. The third kappa shape index (κ3) is 6.55. The number of nitrogens with zero attached hydrogens (tertiary/aromatic N) is 1. The summed E-state index contributed by atoms with van der Waals surface area (Å²) >= 11 is 0. The number of rotatable bonds is 5. The van der Waals surface area contributed by atoms with E-state index in [-0.39, 0.29) is 12.1 Å². The second-order valence-electron chi connectivity index (χ2n) is 6.60. The molecular formula is C15H26N2O2. The van der Waals surface area contributed by atoms with Crippen LogP contribution in [0.4, 0.5) is 0 Å². The molecule has 0 atom stereocenters. The Morgan fingerprint density at radius 1 is 1.21 bits per heavy atom. The Labute approximate surface area is 116 Å². The molecular weight excluding hydrogens is 240 g/mol. The molecule has 1 aromatic heterocycles. The van der Waals surface area contributed by atoms with E-state index < -0.39 is 5.60 Å². The van der Waals surface area contributed by atoms with Crippen molar-refractivity contribution in [1.82, 2.24) is 10.3 Å². The van der Waals surface area contributed by atoms with E-state index in [1.165, 1.54) is 0 Å². The van der Waals surface area contributed by atoms with Gasteiger partial charge in [0.05, 0.1) is 11.3 Å². The summed E-state index contributed by atoms with van der Waals surface area (Å²) < 4.78 is 5.67. The summed E-state index contributed by atoms with van der Waals surface area (Å²) in [5.41, 5.74) is 1.01. The SMILES string of the molecule is Cc1ccc(OCC(C)(C)O)c(CNC(C)(C)C)n1. The van der Waals surface area contributed by atoms with Crippen LogP contribution in [0.5, 0.6) is 5.75 Å². The van der Waals surface area contributed by atoms with E-state index in [4.69, 9.17) is 4.74 Å². The number of hydrogen-bond donors (Lipinski definition) is 2. The number of aliphatic hydroxyl groups is 1. The van der Waals surface area contributed by atoms with E-state index in [9.17, 15) is 5.11 Å². The topological polar surface area (TPSA) is 54.4 Å². The largest absolute Gasteiger partial charge is 0.489 e. The van der Waals surface area contributed by atoms with Crippen LogP contribution < -0.4 is 10.1 Å². The fourth-order valence-corrected chi connectivity index (χ4v) is 1.46. The fourth-order valence-electron chi connectivity index (χ4n) is 1.46. The Balaban J connectivity index is 2.80. The Bertz CT molecular complexity index is 417. The van der Waals surface area contributed by atoms with Gasteiger partial charge in [0.25, 0.3) is 0 Å². The predicted molar refractivity (Wildman–Crippen MR) is 77.4 cm³/mol. The lowest BCUT2D eigenvalue weighted by Crippen LogP contribution is -2.35. The standard InChI is InChI=1S/C15H26N2O2/c1-11-7-8-13(19-10-15(5,6)18)12(17-11)9-16-14(2,3)4/h7-8,16,18H,9-10H2,1-6H3. The van der Waals surface area contributed by atoms with Crippen LogP contribution in [0.3, 0.4) is 0 Å². The normalized spacial score (nSPS) is 12.6. The average molecular weight is 266 g/mol. The summed E-state index contributed by atoms with van der Waals surface area (Å²) in [6, 6.07) is 3.83. The first-order valence-electron chi connectivity index (χ1n) is 6.63. The van der Waals surface area contributed by atoms with Crippen molar-refractivity contribution >= 4 is 0 Å². The molecule has 0 aromatic carbocycles. The van der Waals surface area contributed by atoms with Crippen LogP contribution in [0.15, 0.2) is 12.1 Å². The van der Waals surface area contributed by atoms with Crippen molar-refractivity contribution in [2.75, 3.05) is 6.61 Å². The molecule has 0 aliphatic carbocycles. The van der Waals surface area contributed by atoms with Gasteiger partial charge >= 0.3 is 0 Å². The van der Waals surface area contributed by atoms with Gasteiger partial charge in [-0.15, -0.1) is 0 Å². The van der Waals surface area contributed by atoms with Crippen molar-refractivity contribution < 1.29 is 9.84 Å². The molecule has 0 radical (unpaired) electrons. The van der Waals surface area contributed by atoms with E-state index in [1.807, 2.05) is 19.1 Å². The van der Waals surface area contributed by atoms with Crippen LogP contribution >= 0.6 is 0 Å². The van der Waals surface area contributed by atoms with Crippen LogP contribution in [0.25, 0.3) is 0 Å². The van der Waals surface area contributed by atoms with Crippen LogP contribution in [0.2, 0.25) is 0 Å². The molecule has 0 saturated carbocycles. The zero-order valence-corrected chi connectivity index (χ0v) is 12.9. The Morgan fingerprint density at radius 2 is 1.84 bits per heavy atom. The second kappa shape index (κ2) is 5.88. The monoisotopic (exact) mass is 266 g/mol. The third-order valence-corrected chi connectivity index (χ3v) is 2.44. The maximum atomic E-state index is 9.72. The number of aryl methyl sites for hydroxylation is 1. The Kier molecular flexibility index (Phi) is 4.93. The summed E-state index contributed by atoms with van der Waals surface area (Å²) in [5, 5.41) is 13.1. The lowest BCUT2D eigenvalue weighted by Gasteiger charge is -2.23. The lowest BCUT2D eigenvalue weighted by molar-refractivity contribution is 0.0279. The third-order valence-electron chi connectivity index (χ3n) is 2.44. The molecule has 2 N–H and O–H groups in total. The van der Waals surface area contributed by atoms with Gasteiger partial charge in [0.2, 0.25) is 0 Å². The number of pyridine rings is 1. The van der Waals surface area contributed by atoms with Crippen LogP contribution in [-0.4, -0.2) is 27.8 Å². The van der Waals surface area contributed by atoms with Gasteiger partial charge in [0.15, 0.2) is 0 Å². The van der Waals surface area contributed by atoms with Crippen molar-refractivity contribution in [2.45, 2.75) is 59.2 Å². The quantitative estimate of drug-likeness (QED) is 0.859. The van der Waals surface area contributed by atoms with Gasteiger partial charge in [-0.2, -0.15) is 0 Å². The molecule has 0 saturated heterocycles. The van der Waals surface area contributed by atoms with Gasteiger partial charge in [-0.3, -0.25) is 4.98 Å². The molecule has 0 unspecified atom stereocenters. The minimum absolute atomic E-state index is 0.0267. The predicted octanol–water partition coefficient (Wildman–Crippen LogP) is 2.43. The van der Waals surface area contributed by atoms with E-state index in [0.29, 0.717) is 6.54 Å². The van der Waals surface area contributed by atoms with Gasteiger partial charge in [-0.25, -0.2) is 0 Å². The van der Waals surface area contributed by atoms with Gasteiger partial charge in [0.1, 0.15) is 12.4 Å². The summed E-state index contributed by atoms with van der Waals surface area (Å²) in [6.07, 6.45) is 0. The molecule has 0 spiro atoms. The zero-order valence-electron chi connectivity index (χ0n) is 12.9. The summed E-state index contributed by atoms with van der Waals surface area (Å²) in [7, 11) is 0. The van der Waals surface area contributed by atoms with Crippen molar-refractivity contribution in [1.29, 1.82) is 0 Å². The van der Waals surface area contributed by atoms with Crippen molar-refractivity contribution in [2.24, 2.45) is 0 Å². The van der Waals surface area contributed by atoms with E-state index in [1.54, 1.807) is 13.8 Å². The molecule has 108 valence electrons. The van der Waals surface area contributed by atoms with Crippen molar-refractivity contribution in [3.05, 3.63) is 23.5 Å². The molecule has 1 heterocycles. The number of nitrogens with one attached hydrogen (secondary N) is 1. The van der Waals surface area contributed by atoms with Gasteiger partial charge < -0.3 is 15.2 Å². The average Bonchev–Trinajstić information content (AvgIpc) is 2.22. The molecule has 1 rings (SSSR count). The van der Waals surface area contributed by atoms with E-state index >= 15 is 0 Å². The van der Waals surface area contributed by atoms with Gasteiger partial charge in [-0.05, 0) is 53.7 Å². The van der Waals surface area contributed by atoms with Crippen LogP contribution in [0, 0.1) is 6.92 Å². The maximum absolute atomic E-state index is 9.72.